The van der Waals surface area contributed by atoms with Crippen molar-refractivity contribution in [2.45, 2.75) is 33.9 Å². The molecule has 11 heteroatoms. The summed E-state index contributed by atoms with van der Waals surface area (Å²) >= 11 is 1.26. The van der Waals surface area contributed by atoms with Crippen LogP contribution in [-0.4, -0.2) is 37.2 Å². The maximum Gasteiger partial charge on any atom is 0.352 e. The van der Waals surface area contributed by atoms with Crippen molar-refractivity contribution in [2.24, 2.45) is 5.92 Å². The van der Waals surface area contributed by atoms with E-state index in [0.29, 0.717) is 16.8 Å². The molecule has 0 radical (unpaired) electrons. The molecule has 172 valence electrons. The van der Waals surface area contributed by atoms with Crippen LogP contribution in [0.1, 0.15) is 31.1 Å². The highest BCUT2D eigenvalue weighted by Crippen LogP contribution is 2.18. The van der Waals surface area contributed by atoms with Crippen LogP contribution in [0.5, 0.6) is 0 Å². The summed E-state index contributed by atoms with van der Waals surface area (Å²) in [5.74, 6) is -0.774. The maximum absolute atomic E-state index is 13.1. The van der Waals surface area contributed by atoms with E-state index in [9.17, 15) is 19.2 Å². The quantitative estimate of drug-likeness (QED) is 0.415. The topological polar surface area (TPSA) is 117 Å². The standard InChI is InChI=1S/C22H23N5O5S/c1-4-32-20(30)14-7-5-6-8-15(14)23-17(28)12-26-22(31)27-16-9-10-33-18(16)19(29)25(11-13(2)3)21(27)24-26/h5-10,13H,4,11-12H2,1-3H3,(H,23,28). The molecule has 0 aliphatic heterocycles. The molecule has 1 N–H and O–H groups in total. The van der Waals surface area contributed by atoms with Gasteiger partial charge in [-0.05, 0) is 36.4 Å². The molecule has 0 unspecified atom stereocenters. The molecular formula is C22H23N5O5S. The van der Waals surface area contributed by atoms with Crippen molar-refractivity contribution in [3.05, 3.63) is 62.1 Å². The van der Waals surface area contributed by atoms with Crippen molar-refractivity contribution in [3.63, 3.8) is 0 Å². The number of para-hydroxylation sites is 1. The van der Waals surface area contributed by atoms with E-state index in [2.05, 4.69) is 10.4 Å². The number of aromatic nitrogens is 4. The van der Waals surface area contributed by atoms with E-state index < -0.39 is 17.6 Å². The first-order chi connectivity index (χ1) is 15.8. The minimum absolute atomic E-state index is 0.145. The van der Waals surface area contributed by atoms with Gasteiger partial charge in [0.25, 0.3) is 5.56 Å². The number of ether oxygens (including phenoxy) is 1. The number of amides is 1. The minimum atomic E-state index is -0.559. The summed E-state index contributed by atoms with van der Waals surface area (Å²) in [6.07, 6.45) is 0. The van der Waals surface area contributed by atoms with Crippen LogP contribution in [0, 0.1) is 5.92 Å². The summed E-state index contributed by atoms with van der Waals surface area (Å²) in [4.78, 5) is 51.0. The number of nitrogens with one attached hydrogen (secondary N) is 1. The van der Waals surface area contributed by atoms with Crippen molar-refractivity contribution in [2.75, 3.05) is 11.9 Å². The monoisotopic (exact) mass is 469 g/mol. The number of carbonyl (C=O) groups is 2. The zero-order valence-corrected chi connectivity index (χ0v) is 19.2. The molecule has 0 aliphatic carbocycles. The van der Waals surface area contributed by atoms with Gasteiger partial charge in [0.05, 0.1) is 23.4 Å². The molecule has 1 aromatic carbocycles. The fraction of sp³-hybridized carbons (Fsp3) is 0.318. The molecule has 4 aromatic rings. The van der Waals surface area contributed by atoms with Crippen LogP contribution < -0.4 is 16.6 Å². The Bertz CT molecular complexity index is 1480. The third-order valence-electron chi connectivity index (χ3n) is 4.93. The molecule has 0 atom stereocenters. The van der Waals surface area contributed by atoms with Gasteiger partial charge < -0.3 is 10.1 Å². The van der Waals surface area contributed by atoms with Gasteiger partial charge in [-0.25, -0.2) is 18.7 Å². The van der Waals surface area contributed by atoms with E-state index in [-0.39, 0.29) is 41.7 Å². The molecular weight excluding hydrogens is 446 g/mol. The first-order valence-corrected chi connectivity index (χ1v) is 11.3. The Kier molecular flexibility index (Phi) is 6.14. The van der Waals surface area contributed by atoms with Crippen LogP contribution in [-0.2, 0) is 22.6 Å². The van der Waals surface area contributed by atoms with Crippen molar-refractivity contribution >= 4 is 44.9 Å². The Morgan fingerprint density at radius 1 is 1.18 bits per heavy atom. The number of esters is 1. The Hall–Kier alpha value is -3.73. The zero-order valence-electron chi connectivity index (χ0n) is 18.4. The lowest BCUT2D eigenvalue weighted by atomic mass is 10.2. The lowest BCUT2D eigenvalue weighted by molar-refractivity contribution is -0.117. The molecule has 0 aliphatic rings. The second-order valence-electron chi connectivity index (χ2n) is 7.83. The predicted octanol–water partition coefficient (Wildman–Crippen LogP) is 2.34. The molecule has 0 bridgehead atoms. The van der Waals surface area contributed by atoms with E-state index in [4.69, 9.17) is 4.74 Å². The number of benzene rings is 1. The molecule has 3 aromatic heterocycles. The number of hydrogen-bond acceptors (Lipinski definition) is 7. The lowest BCUT2D eigenvalue weighted by Crippen LogP contribution is -2.29. The average Bonchev–Trinajstić information content (AvgIpc) is 3.37. The van der Waals surface area contributed by atoms with Gasteiger partial charge in [0.1, 0.15) is 11.2 Å². The third-order valence-corrected chi connectivity index (χ3v) is 5.82. The average molecular weight is 470 g/mol. The number of anilines is 1. The molecule has 0 saturated carbocycles. The Balaban J connectivity index is 1.72. The fourth-order valence-electron chi connectivity index (χ4n) is 3.57. The van der Waals surface area contributed by atoms with Crippen LogP contribution in [0.2, 0.25) is 0 Å². The third kappa shape index (κ3) is 4.19. The first-order valence-electron chi connectivity index (χ1n) is 10.5. The van der Waals surface area contributed by atoms with E-state index in [0.717, 1.165) is 4.68 Å². The highest BCUT2D eigenvalue weighted by molar-refractivity contribution is 7.17. The van der Waals surface area contributed by atoms with Crippen LogP contribution in [0.3, 0.4) is 0 Å². The van der Waals surface area contributed by atoms with Gasteiger partial charge in [-0.2, -0.15) is 0 Å². The number of thiophene rings is 1. The summed E-state index contributed by atoms with van der Waals surface area (Å²) in [6, 6.07) is 8.15. The SMILES string of the molecule is CCOC(=O)c1ccccc1NC(=O)Cn1nc2n(CC(C)C)c(=O)c3sccc3n2c1=O. The highest BCUT2D eigenvalue weighted by Gasteiger charge is 2.21. The second-order valence-corrected chi connectivity index (χ2v) is 8.75. The van der Waals surface area contributed by atoms with Crippen molar-refractivity contribution < 1.29 is 14.3 Å². The summed E-state index contributed by atoms with van der Waals surface area (Å²) in [5.41, 5.74) is 0.200. The normalized spacial score (nSPS) is 11.4. The smallest absolute Gasteiger partial charge is 0.352 e. The summed E-state index contributed by atoms with van der Waals surface area (Å²) in [5, 5.41) is 8.70. The lowest BCUT2D eigenvalue weighted by Gasteiger charge is -2.10. The molecule has 1 amide bonds. The fourth-order valence-corrected chi connectivity index (χ4v) is 4.40. The molecule has 10 nitrogen and oxygen atoms in total. The minimum Gasteiger partial charge on any atom is -0.462 e. The van der Waals surface area contributed by atoms with Gasteiger partial charge in [-0.3, -0.25) is 14.2 Å². The Morgan fingerprint density at radius 2 is 1.94 bits per heavy atom. The van der Waals surface area contributed by atoms with Crippen molar-refractivity contribution in [1.29, 1.82) is 0 Å². The number of hydrogen-bond donors (Lipinski definition) is 1. The van der Waals surface area contributed by atoms with Crippen LogP contribution in [0.4, 0.5) is 5.69 Å². The van der Waals surface area contributed by atoms with Gasteiger partial charge >= 0.3 is 11.7 Å². The molecule has 33 heavy (non-hydrogen) atoms. The molecule has 4 rings (SSSR count). The Morgan fingerprint density at radius 3 is 2.67 bits per heavy atom. The van der Waals surface area contributed by atoms with Gasteiger partial charge in [-0.15, -0.1) is 16.4 Å². The van der Waals surface area contributed by atoms with Gasteiger partial charge in [0.2, 0.25) is 11.7 Å². The maximum atomic E-state index is 13.1. The van der Waals surface area contributed by atoms with E-state index >= 15 is 0 Å². The molecule has 0 saturated heterocycles. The number of carbonyl (C=O) groups excluding carboxylic acids is 2. The number of fused-ring (bicyclic) bond motifs is 3. The predicted molar refractivity (Wildman–Crippen MR) is 125 cm³/mol. The van der Waals surface area contributed by atoms with E-state index in [1.165, 1.54) is 20.3 Å². The zero-order chi connectivity index (χ0) is 23.7. The van der Waals surface area contributed by atoms with Crippen molar-refractivity contribution in [3.8, 4) is 0 Å². The van der Waals surface area contributed by atoms with E-state index in [1.807, 2.05) is 13.8 Å². The summed E-state index contributed by atoms with van der Waals surface area (Å²) < 4.78 is 9.32. The van der Waals surface area contributed by atoms with Gasteiger partial charge in [0, 0.05) is 6.54 Å². The van der Waals surface area contributed by atoms with E-state index in [1.54, 1.807) is 42.6 Å². The van der Waals surface area contributed by atoms with Crippen LogP contribution in [0.25, 0.3) is 16.0 Å². The summed E-state index contributed by atoms with van der Waals surface area (Å²) in [7, 11) is 0. The number of nitrogens with zero attached hydrogens (tertiary/aromatic N) is 4. The van der Waals surface area contributed by atoms with Gasteiger partial charge in [-0.1, -0.05) is 26.0 Å². The molecule has 3 heterocycles. The van der Waals surface area contributed by atoms with Crippen LogP contribution in [0.15, 0.2) is 45.3 Å². The first kappa shape index (κ1) is 22.5. The summed E-state index contributed by atoms with van der Waals surface area (Å²) in [6.45, 7) is 5.81. The van der Waals surface area contributed by atoms with Gasteiger partial charge in [0.15, 0.2) is 0 Å². The second kappa shape index (κ2) is 9.02. The molecule has 0 fully saturated rings. The largest absolute Gasteiger partial charge is 0.462 e. The highest BCUT2D eigenvalue weighted by atomic mass is 32.1. The number of rotatable bonds is 7. The molecule has 0 spiro atoms. The van der Waals surface area contributed by atoms with Crippen molar-refractivity contribution in [1.82, 2.24) is 18.7 Å². The van der Waals surface area contributed by atoms with Crippen LogP contribution >= 0.6 is 11.3 Å². The Labute approximate surface area is 192 Å².